The maximum atomic E-state index is 6.00. The van der Waals surface area contributed by atoms with Gasteiger partial charge in [-0.25, -0.2) is 0 Å². The number of hydrogen-bond acceptors (Lipinski definition) is 5. The Balaban J connectivity index is 1.17. The largest absolute Gasteiger partial charge is 0.490 e. The molecule has 0 spiro atoms. The van der Waals surface area contributed by atoms with Crippen molar-refractivity contribution >= 4 is 13.7 Å². The Morgan fingerprint density at radius 2 is 1.83 bits per heavy atom. The molecule has 6 heteroatoms. The maximum absolute atomic E-state index is 6.00. The molecule has 2 aliphatic rings. The first-order chi connectivity index (χ1) is 14.8. The van der Waals surface area contributed by atoms with Crippen LogP contribution >= 0.6 is 0 Å². The molecule has 1 aromatic carbocycles. The smallest absolute Gasteiger partial charge is 0.183 e. The van der Waals surface area contributed by atoms with Crippen LogP contribution in [0.2, 0.25) is 0 Å². The zero-order valence-corrected chi connectivity index (χ0v) is 17.8. The van der Waals surface area contributed by atoms with Crippen LogP contribution < -0.4 is 9.64 Å². The first-order valence-electron chi connectivity index (χ1n) is 11.2. The maximum Gasteiger partial charge on any atom is 0.183 e. The minimum Gasteiger partial charge on any atom is -0.490 e. The van der Waals surface area contributed by atoms with Gasteiger partial charge in [-0.05, 0) is 50.1 Å². The second-order valence-corrected chi connectivity index (χ2v) is 8.46. The highest BCUT2D eigenvalue weighted by atomic mass is 16.5. The minimum atomic E-state index is 0.311. The van der Waals surface area contributed by atoms with Gasteiger partial charge in [0.15, 0.2) is 7.98 Å². The predicted octanol–water partition coefficient (Wildman–Crippen LogP) is 3.48. The van der Waals surface area contributed by atoms with Crippen LogP contribution in [0.25, 0.3) is 0 Å². The molecule has 158 valence electrons. The summed E-state index contributed by atoms with van der Waals surface area (Å²) in [7, 11) is 6.00. The fourth-order valence-electron chi connectivity index (χ4n) is 4.33. The van der Waals surface area contributed by atoms with Crippen molar-refractivity contribution in [2.75, 3.05) is 44.4 Å². The summed E-state index contributed by atoms with van der Waals surface area (Å²) < 4.78 is 11.9. The lowest BCUT2D eigenvalue weighted by Gasteiger charge is -2.33. The predicted molar refractivity (Wildman–Crippen MR) is 121 cm³/mol. The highest BCUT2D eigenvalue weighted by Gasteiger charge is 2.22. The summed E-state index contributed by atoms with van der Waals surface area (Å²) in [5.74, 6) is 1.47. The summed E-state index contributed by atoms with van der Waals surface area (Å²) in [6.45, 7) is 5.32. The molecule has 2 aliphatic heterocycles. The topological polar surface area (TPSA) is 37.8 Å². The lowest BCUT2D eigenvalue weighted by molar-refractivity contribution is 0.0926. The molecule has 2 saturated heterocycles. The normalized spacial score (nSPS) is 20.5. The number of nitrogens with zero attached hydrogens (tertiary/aromatic N) is 3. The number of benzene rings is 1. The van der Waals surface area contributed by atoms with Gasteiger partial charge in [-0.15, -0.1) is 0 Å². The third kappa shape index (κ3) is 5.99. The van der Waals surface area contributed by atoms with Gasteiger partial charge in [-0.1, -0.05) is 30.3 Å². The lowest BCUT2D eigenvalue weighted by atomic mass is 9.97. The van der Waals surface area contributed by atoms with Crippen LogP contribution in [0.15, 0.2) is 48.8 Å². The van der Waals surface area contributed by atoms with Gasteiger partial charge in [0.2, 0.25) is 0 Å². The van der Waals surface area contributed by atoms with Crippen LogP contribution in [-0.4, -0.2) is 63.3 Å². The van der Waals surface area contributed by atoms with E-state index in [0.29, 0.717) is 18.6 Å². The highest BCUT2D eigenvalue weighted by Crippen LogP contribution is 2.26. The van der Waals surface area contributed by atoms with E-state index in [2.05, 4.69) is 46.3 Å². The quantitative estimate of drug-likeness (QED) is 0.472. The van der Waals surface area contributed by atoms with Crippen LogP contribution in [-0.2, 0) is 11.2 Å². The zero-order valence-electron chi connectivity index (χ0n) is 17.8. The second-order valence-electron chi connectivity index (χ2n) is 8.46. The summed E-state index contributed by atoms with van der Waals surface area (Å²) in [5.41, 5.74) is 2.49. The van der Waals surface area contributed by atoms with Gasteiger partial charge in [-0.3, -0.25) is 4.98 Å². The number of anilines is 1. The van der Waals surface area contributed by atoms with Crippen molar-refractivity contribution in [2.24, 2.45) is 5.92 Å². The van der Waals surface area contributed by atoms with Gasteiger partial charge in [-0.2, -0.15) is 0 Å². The number of pyridine rings is 1. The van der Waals surface area contributed by atoms with Gasteiger partial charge in [0.1, 0.15) is 12.4 Å². The first kappa shape index (κ1) is 21.2. The Morgan fingerprint density at radius 1 is 1.00 bits per heavy atom. The van der Waals surface area contributed by atoms with Gasteiger partial charge >= 0.3 is 0 Å². The fraction of sp³-hybridized carbons (Fsp3) is 0.542. The second kappa shape index (κ2) is 10.8. The number of ether oxygens (including phenoxy) is 2. The molecule has 5 nitrogen and oxygen atoms in total. The molecule has 0 saturated carbocycles. The molecule has 1 atom stereocenters. The van der Waals surface area contributed by atoms with Crippen LogP contribution in [0, 0.1) is 5.92 Å². The standard InChI is InChI=1S/C24H32BN3O2/c25-28-11-4-7-22(28)19-30-24-15-23(16-26-17-24)27-12-8-21(9-13-27)18-29-14-10-20-5-2-1-3-6-20/h1-3,5-6,15-17,21-22H,4,7-14,18-19H2/t22-/m0/s1. The van der Waals surface area contributed by atoms with Crippen LogP contribution in [0.1, 0.15) is 31.2 Å². The molecule has 3 heterocycles. The molecule has 0 N–H and O–H groups in total. The molecule has 0 unspecified atom stereocenters. The third-order valence-corrected chi connectivity index (χ3v) is 6.27. The van der Waals surface area contributed by atoms with Crippen molar-refractivity contribution in [2.45, 2.75) is 38.1 Å². The van der Waals surface area contributed by atoms with E-state index < -0.39 is 0 Å². The summed E-state index contributed by atoms with van der Waals surface area (Å²) >= 11 is 0. The Hall–Kier alpha value is -2.05. The Bertz CT molecular complexity index is 768. The summed E-state index contributed by atoms with van der Waals surface area (Å²) in [6, 6.07) is 13.0. The van der Waals surface area contributed by atoms with E-state index in [1.165, 1.54) is 5.56 Å². The van der Waals surface area contributed by atoms with Crippen molar-refractivity contribution in [3.05, 3.63) is 54.4 Å². The monoisotopic (exact) mass is 405 g/mol. The van der Waals surface area contributed by atoms with E-state index in [4.69, 9.17) is 17.5 Å². The number of hydrogen-bond donors (Lipinski definition) is 0. The average molecular weight is 405 g/mol. The molecular formula is C24H32BN3O2. The molecule has 2 aromatic rings. The van der Waals surface area contributed by atoms with Gasteiger partial charge in [0.05, 0.1) is 24.7 Å². The molecule has 1 aromatic heterocycles. The van der Waals surface area contributed by atoms with Gasteiger partial charge < -0.3 is 19.2 Å². The first-order valence-corrected chi connectivity index (χ1v) is 11.2. The highest BCUT2D eigenvalue weighted by molar-refractivity contribution is 6.04. The van der Waals surface area contributed by atoms with E-state index in [-0.39, 0.29) is 0 Å². The molecule has 30 heavy (non-hydrogen) atoms. The van der Waals surface area contributed by atoms with Crippen LogP contribution in [0.4, 0.5) is 5.69 Å². The Labute approximate surface area is 181 Å². The minimum absolute atomic E-state index is 0.311. The molecule has 0 amide bonds. The van der Waals surface area contributed by atoms with Crippen LogP contribution in [0.5, 0.6) is 5.75 Å². The SMILES string of the molecule is [B]N1CCC[C@H]1COc1cncc(N2CCC(COCCc3ccccc3)CC2)c1. The van der Waals surface area contributed by atoms with Crippen molar-refractivity contribution in [1.82, 2.24) is 9.79 Å². The summed E-state index contributed by atoms with van der Waals surface area (Å²) in [4.78, 5) is 8.70. The van der Waals surface area contributed by atoms with E-state index >= 15 is 0 Å². The molecule has 0 bridgehead atoms. The number of aromatic nitrogens is 1. The Kier molecular flexibility index (Phi) is 7.65. The summed E-state index contributed by atoms with van der Waals surface area (Å²) in [6.07, 6.45) is 9.28. The van der Waals surface area contributed by atoms with Crippen molar-refractivity contribution in [3.8, 4) is 5.75 Å². The molecular weight excluding hydrogens is 373 g/mol. The van der Waals surface area contributed by atoms with Crippen molar-refractivity contribution in [3.63, 3.8) is 0 Å². The number of rotatable bonds is 9. The van der Waals surface area contributed by atoms with E-state index in [1.54, 1.807) is 6.20 Å². The van der Waals surface area contributed by atoms with E-state index in [0.717, 1.165) is 76.4 Å². The van der Waals surface area contributed by atoms with E-state index in [1.807, 2.05) is 11.0 Å². The van der Waals surface area contributed by atoms with Gasteiger partial charge in [0, 0.05) is 31.8 Å². The molecule has 0 aliphatic carbocycles. The van der Waals surface area contributed by atoms with Gasteiger partial charge in [0.25, 0.3) is 0 Å². The number of piperidine rings is 1. The van der Waals surface area contributed by atoms with Crippen LogP contribution in [0.3, 0.4) is 0 Å². The fourth-order valence-corrected chi connectivity index (χ4v) is 4.33. The molecule has 2 fully saturated rings. The van der Waals surface area contributed by atoms with Crippen molar-refractivity contribution in [1.29, 1.82) is 0 Å². The average Bonchev–Trinajstić information content (AvgIpc) is 3.21. The zero-order chi connectivity index (χ0) is 20.6. The lowest BCUT2D eigenvalue weighted by Crippen LogP contribution is -2.35. The third-order valence-electron chi connectivity index (χ3n) is 6.27. The molecule has 2 radical (unpaired) electrons. The Morgan fingerprint density at radius 3 is 2.60 bits per heavy atom. The summed E-state index contributed by atoms with van der Waals surface area (Å²) in [5, 5.41) is 0. The molecule has 4 rings (SSSR count). The van der Waals surface area contributed by atoms with Crippen molar-refractivity contribution < 1.29 is 9.47 Å². The van der Waals surface area contributed by atoms with E-state index in [9.17, 15) is 0 Å².